The predicted molar refractivity (Wildman–Crippen MR) is 105 cm³/mol. The summed E-state index contributed by atoms with van der Waals surface area (Å²) in [6, 6.07) is 6.13. The maximum Gasteiger partial charge on any atom is 0.417 e. The van der Waals surface area contributed by atoms with Gasteiger partial charge in [0.2, 0.25) is 11.7 Å². The van der Waals surface area contributed by atoms with E-state index in [0.717, 1.165) is 30.0 Å². The van der Waals surface area contributed by atoms with Crippen molar-refractivity contribution in [3.8, 4) is 17.4 Å². The van der Waals surface area contributed by atoms with Crippen molar-refractivity contribution in [2.45, 2.75) is 19.7 Å². The van der Waals surface area contributed by atoms with Crippen molar-refractivity contribution in [2.75, 3.05) is 0 Å². The van der Waals surface area contributed by atoms with Crippen LogP contribution in [0, 0.1) is 18.6 Å². The molecule has 0 aliphatic rings. The number of imidazole rings is 1. The molecule has 0 N–H and O–H groups in total. The van der Waals surface area contributed by atoms with E-state index >= 15 is 0 Å². The van der Waals surface area contributed by atoms with Crippen molar-refractivity contribution >= 4 is 17.4 Å². The van der Waals surface area contributed by atoms with Gasteiger partial charge in [0.25, 0.3) is 0 Å². The molecule has 32 heavy (non-hydrogen) atoms. The Hall–Kier alpha value is -3.40. The summed E-state index contributed by atoms with van der Waals surface area (Å²) < 4.78 is 80.2. The molecular formula is C21H13ClF5N3O2. The third kappa shape index (κ3) is 4.45. The average Bonchev–Trinajstić information content (AvgIpc) is 3.19. The van der Waals surface area contributed by atoms with Gasteiger partial charge >= 0.3 is 6.18 Å². The first-order valence-corrected chi connectivity index (χ1v) is 9.45. The van der Waals surface area contributed by atoms with E-state index in [9.17, 15) is 22.0 Å². The Kier molecular flexibility index (Phi) is 5.64. The maximum atomic E-state index is 14.5. The monoisotopic (exact) mass is 469 g/mol. The molecule has 0 saturated heterocycles. The molecule has 4 rings (SSSR count). The first-order chi connectivity index (χ1) is 15.1. The third-order valence-electron chi connectivity index (χ3n) is 4.45. The first kappa shape index (κ1) is 21.8. The Balaban J connectivity index is 1.53. The van der Waals surface area contributed by atoms with E-state index in [1.165, 1.54) is 0 Å². The summed E-state index contributed by atoms with van der Waals surface area (Å²) in [7, 11) is 0. The van der Waals surface area contributed by atoms with Crippen LogP contribution in [-0.2, 0) is 12.8 Å². The molecule has 0 amide bonds. The van der Waals surface area contributed by atoms with Gasteiger partial charge in [-0.15, -0.1) is 0 Å². The van der Waals surface area contributed by atoms with Gasteiger partial charge in [-0.1, -0.05) is 11.6 Å². The third-order valence-corrected chi connectivity index (χ3v) is 4.78. The lowest BCUT2D eigenvalue weighted by Crippen LogP contribution is -2.06. The van der Waals surface area contributed by atoms with Crippen LogP contribution in [0.5, 0.6) is 17.4 Å². The summed E-state index contributed by atoms with van der Waals surface area (Å²) in [5, 5.41) is -0.560. The second-order valence-corrected chi connectivity index (χ2v) is 7.16. The quantitative estimate of drug-likeness (QED) is 0.319. The number of nitrogens with zero attached hydrogens (tertiary/aromatic N) is 3. The number of aryl methyl sites for hydroxylation is 1. The SMILES string of the molecule is Cc1cc(OCc2cc(F)c(Oc3ccc(Cl)c(C(F)(F)F)c3)c(F)c2)nc2nccn12. The fraction of sp³-hybridized carbons (Fsp3) is 0.143. The van der Waals surface area contributed by atoms with Crippen LogP contribution in [0.25, 0.3) is 5.78 Å². The van der Waals surface area contributed by atoms with Gasteiger partial charge in [-0.2, -0.15) is 18.2 Å². The van der Waals surface area contributed by atoms with Crippen LogP contribution < -0.4 is 9.47 Å². The number of alkyl halides is 3. The molecule has 166 valence electrons. The first-order valence-electron chi connectivity index (χ1n) is 9.08. The highest BCUT2D eigenvalue weighted by atomic mass is 35.5. The van der Waals surface area contributed by atoms with E-state index in [2.05, 4.69) is 9.97 Å². The molecule has 0 saturated carbocycles. The van der Waals surface area contributed by atoms with Crippen LogP contribution in [-0.4, -0.2) is 14.4 Å². The Morgan fingerprint density at radius 3 is 2.47 bits per heavy atom. The molecule has 2 aromatic carbocycles. The van der Waals surface area contributed by atoms with Crippen LogP contribution in [0.4, 0.5) is 22.0 Å². The minimum Gasteiger partial charge on any atom is -0.473 e. The van der Waals surface area contributed by atoms with Gasteiger partial charge in [-0.25, -0.2) is 13.8 Å². The van der Waals surface area contributed by atoms with E-state index in [-0.39, 0.29) is 18.1 Å². The second kappa shape index (κ2) is 8.27. The summed E-state index contributed by atoms with van der Waals surface area (Å²) in [6.45, 7) is 1.60. The Morgan fingerprint density at radius 1 is 1.06 bits per heavy atom. The number of halogens is 6. The zero-order valence-corrected chi connectivity index (χ0v) is 17.0. The molecular weight excluding hydrogens is 457 g/mol. The molecule has 0 unspecified atom stereocenters. The molecule has 0 fully saturated rings. The smallest absolute Gasteiger partial charge is 0.417 e. The molecule has 2 heterocycles. The lowest BCUT2D eigenvalue weighted by Gasteiger charge is -2.13. The largest absolute Gasteiger partial charge is 0.473 e. The highest BCUT2D eigenvalue weighted by Crippen LogP contribution is 2.38. The average molecular weight is 470 g/mol. The second-order valence-electron chi connectivity index (χ2n) is 6.75. The highest BCUT2D eigenvalue weighted by molar-refractivity contribution is 6.31. The van der Waals surface area contributed by atoms with Crippen molar-refractivity contribution in [3.63, 3.8) is 0 Å². The van der Waals surface area contributed by atoms with Crippen molar-refractivity contribution < 1.29 is 31.4 Å². The van der Waals surface area contributed by atoms with Gasteiger partial charge in [0.15, 0.2) is 17.4 Å². The molecule has 5 nitrogen and oxygen atoms in total. The van der Waals surface area contributed by atoms with E-state index in [1.54, 1.807) is 22.9 Å². The lowest BCUT2D eigenvalue weighted by molar-refractivity contribution is -0.137. The van der Waals surface area contributed by atoms with Crippen molar-refractivity contribution in [1.82, 2.24) is 14.4 Å². The number of benzene rings is 2. The minimum absolute atomic E-state index is 0.127. The van der Waals surface area contributed by atoms with Crippen LogP contribution in [0.15, 0.2) is 48.8 Å². The van der Waals surface area contributed by atoms with E-state index < -0.39 is 39.9 Å². The zero-order valence-electron chi connectivity index (χ0n) is 16.3. The summed E-state index contributed by atoms with van der Waals surface area (Å²) in [4.78, 5) is 8.24. The van der Waals surface area contributed by atoms with Crippen molar-refractivity contribution in [1.29, 1.82) is 0 Å². The number of aromatic nitrogens is 3. The van der Waals surface area contributed by atoms with Gasteiger partial charge in [-0.05, 0) is 42.8 Å². The summed E-state index contributed by atoms with van der Waals surface area (Å²) in [5.41, 5.74) is -0.258. The molecule has 0 atom stereocenters. The number of hydrogen-bond acceptors (Lipinski definition) is 4. The van der Waals surface area contributed by atoms with E-state index in [4.69, 9.17) is 21.1 Å². The van der Waals surface area contributed by atoms with E-state index in [0.29, 0.717) is 11.8 Å². The fourth-order valence-electron chi connectivity index (χ4n) is 2.96. The molecule has 2 aromatic heterocycles. The number of rotatable bonds is 5. The Morgan fingerprint density at radius 2 is 1.78 bits per heavy atom. The van der Waals surface area contributed by atoms with Crippen LogP contribution in [0.1, 0.15) is 16.8 Å². The van der Waals surface area contributed by atoms with Crippen LogP contribution in [0.2, 0.25) is 5.02 Å². The zero-order chi connectivity index (χ0) is 23.0. The summed E-state index contributed by atoms with van der Waals surface area (Å²) in [6.07, 6.45) is -1.45. The molecule has 0 aliphatic carbocycles. The standard InChI is InChI=1S/C21H13ClF5N3O2/c1-11-6-18(29-20-28-4-5-30(11)20)31-10-12-7-16(23)19(17(24)8-12)32-13-2-3-15(22)14(9-13)21(25,26)27/h2-9H,10H2,1H3. The van der Waals surface area contributed by atoms with Crippen molar-refractivity contribution in [2.24, 2.45) is 0 Å². The topological polar surface area (TPSA) is 48.7 Å². The number of ether oxygens (including phenoxy) is 2. The van der Waals surface area contributed by atoms with Crippen molar-refractivity contribution in [3.05, 3.63) is 82.3 Å². The predicted octanol–water partition coefficient (Wildman–Crippen LogP) is 6.36. The summed E-state index contributed by atoms with van der Waals surface area (Å²) in [5.74, 6) is -2.88. The summed E-state index contributed by atoms with van der Waals surface area (Å²) >= 11 is 5.54. The minimum atomic E-state index is -4.75. The van der Waals surface area contributed by atoms with Gasteiger partial charge in [0.1, 0.15) is 12.4 Å². The van der Waals surface area contributed by atoms with Gasteiger partial charge in [0, 0.05) is 24.2 Å². The highest BCUT2D eigenvalue weighted by Gasteiger charge is 2.33. The Labute approximate surface area is 183 Å². The molecule has 0 radical (unpaired) electrons. The molecule has 11 heteroatoms. The molecule has 4 aromatic rings. The molecule has 0 aliphatic heterocycles. The van der Waals surface area contributed by atoms with E-state index in [1.807, 2.05) is 6.92 Å². The van der Waals surface area contributed by atoms with Crippen LogP contribution in [0.3, 0.4) is 0 Å². The number of hydrogen-bond donors (Lipinski definition) is 0. The maximum absolute atomic E-state index is 14.5. The molecule has 0 bridgehead atoms. The Bertz CT molecular complexity index is 1280. The lowest BCUT2D eigenvalue weighted by atomic mass is 10.2. The fourth-order valence-corrected chi connectivity index (χ4v) is 3.18. The number of fused-ring (bicyclic) bond motifs is 1. The van der Waals surface area contributed by atoms with Gasteiger partial charge < -0.3 is 9.47 Å². The van der Waals surface area contributed by atoms with Crippen LogP contribution >= 0.6 is 11.6 Å². The van der Waals surface area contributed by atoms with Gasteiger partial charge in [-0.3, -0.25) is 4.40 Å². The normalized spacial score (nSPS) is 11.7. The molecule has 0 spiro atoms. The van der Waals surface area contributed by atoms with Gasteiger partial charge in [0.05, 0.1) is 10.6 Å².